The third-order valence-electron chi connectivity index (χ3n) is 12.9. The van der Waals surface area contributed by atoms with Crippen LogP contribution in [0.1, 0.15) is 76.8 Å². The van der Waals surface area contributed by atoms with Gasteiger partial charge in [0, 0.05) is 62.5 Å². The van der Waals surface area contributed by atoms with Gasteiger partial charge in [-0.3, -0.25) is 24.7 Å². The number of halogens is 1. The molecule has 0 spiro atoms. The van der Waals surface area contributed by atoms with Crippen molar-refractivity contribution in [1.82, 2.24) is 25.1 Å². The van der Waals surface area contributed by atoms with Gasteiger partial charge in [0.15, 0.2) is 15.7 Å². The van der Waals surface area contributed by atoms with Crippen LogP contribution in [0.3, 0.4) is 0 Å². The number of imide groups is 1. The maximum absolute atomic E-state index is 13.6. The normalized spacial score (nSPS) is 18.3. The second kappa shape index (κ2) is 18.9. The van der Waals surface area contributed by atoms with Gasteiger partial charge in [-0.05, 0) is 139 Å². The molecule has 15 nitrogen and oxygen atoms in total. The summed E-state index contributed by atoms with van der Waals surface area (Å²) in [6, 6.07) is 18.8. The number of sulfone groups is 1. The maximum atomic E-state index is 13.6. The van der Waals surface area contributed by atoms with Gasteiger partial charge in [-0.25, -0.2) is 18.2 Å². The number of piperidine rings is 2. The number of carbonyl (C=O) groups excluding carboxylic acids is 3. The summed E-state index contributed by atoms with van der Waals surface area (Å²) in [4.78, 5) is 55.1. The van der Waals surface area contributed by atoms with Crippen LogP contribution in [0.15, 0.2) is 71.8 Å². The van der Waals surface area contributed by atoms with E-state index in [2.05, 4.69) is 54.8 Å². The predicted octanol–water partition coefficient (Wildman–Crippen LogP) is 7.65. The fraction of sp³-hybridized carbons (Fsp3) is 0.468. The number of urea groups is 1. The van der Waals surface area contributed by atoms with Gasteiger partial charge in [-0.1, -0.05) is 23.7 Å². The number of hydrogen-bond acceptors (Lipinski definition) is 12. The molecule has 4 aromatic rings. The van der Waals surface area contributed by atoms with Crippen molar-refractivity contribution < 1.29 is 27.5 Å². The van der Waals surface area contributed by atoms with Gasteiger partial charge >= 0.3 is 6.03 Å². The number of amides is 4. The van der Waals surface area contributed by atoms with Gasteiger partial charge in [-0.2, -0.15) is 4.98 Å². The summed E-state index contributed by atoms with van der Waals surface area (Å²) in [6.07, 6.45) is 5.33. The number of aryl methyl sites for hydroxylation is 1. The number of rotatable bonds is 13. The molecule has 4 aliphatic heterocycles. The van der Waals surface area contributed by atoms with E-state index in [4.69, 9.17) is 16.3 Å². The molecule has 0 atom stereocenters. The van der Waals surface area contributed by atoms with Crippen molar-refractivity contribution in [3.05, 3.63) is 83.0 Å². The third-order valence-corrected chi connectivity index (χ3v) is 15.4. The number of carbonyl (C=O) groups is 3. The van der Waals surface area contributed by atoms with Crippen molar-refractivity contribution in [2.45, 2.75) is 94.9 Å². The molecule has 0 bridgehead atoms. The van der Waals surface area contributed by atoms with E-state index in [-0.39, 0.29) is 58.0 Å². The number of nitrogens with one attached hydrogen (secondary N) is 3. The van der Waals surface area contributed by atoms with Crippen molar-refractivity contribution in [3.8, 4) is 5.75 Å². The molecule has 0 saturated carbocycles. The SMILES string of the molecule is Cc1cc(Nc2ncc(Cl)c(Nc3ccccc3S(=O)(=O)C(C)C)n2)c(OC(C)C)cc1C1CCN(C2CN(C(=O)C3CCN(c4ccc(N5CCC(=O)NC5=O)cc4)CC3)C2)CC1. The predicted molar refractivity (Wildman–Crippen MR) is 250 cm³/mol. The molecule has 4 saturated heterocycles. The van der Waals surface area contributed by atoms with Gasteiger partial charge in [0.05, 0.1) is 33.8 Å². The largest absolute Gasteiger partial charge is 0.489 e. The smallest absolute Gasteiger partial charge is 0.328 e. The van der Waals surface area contributed by atoms with Crippen LogP contribution >= 0.6 is 11.6 Å². The molecular weight excluding hydrogens is 854 g/mol. The molecule has 3 aromatic carbocycles. The topological polar surface area (TPSA) is 169 Å². The van der Waals surface area contributed by atoms with E-state index in [0.29, 0.717) is 35.6 Å². The number of anilines is 6. The van der Waals surface area contributed by atoms with Crippen molar-refractivity contribution in [3.63, 3.8) is 0 Å². The van der Waals surface area contributed by atoms with Crippen LogP contribution in [-0.2, 0) is 19.4 Å². The lowest BCUT2D eigenvalue weighted by atomic mass is 9.85. The first kappa shape index (κ1) is 45.1. The number of ether oxygens (including phenoxy) is 1. The molecule has 4 aliphatic rings. The minimum Gasteiger partial charge on any atom is -0.489 e. The van der Waals surface area contributed by atoms with E-state index in [1.807, 2.05) is 43.0 Å². The van der Waals surface area contributed by atoms with E-state index in [9.17, 15) is 22.8 Å². The Morgan fingerprint density at radius 1 is 0.875 bits per heavy atom. The van der Waals surface area contributed by atoms with Crippen LogP contribution in [0.2, 0.25) is 5.02 Å². The summed E-state index contributed by atoms with van der Waals surface area (Å²) >= 11 is 6.53. The Kier molecular flexibility index (Phi) is 13.4. The molecule has 0 radical (unpaired) electrons. The Balaban J connectivity index is 0.838. The Labute approximate surface area is 380 Å². The lowest BCUT2D eigenvalue weighted by molar-refractivity contribution is -0.144. The molecule has 0 unspecified atom stereocenters. The number of hydrogen-bond donors (Lipinski definition) is 3. The maximum Gasteiger partial charge on any atom is 0.328 e. The number of para-hydroxylation sites is 1. The summed E-state index contributed by atoms with van der Waals surface area (Å²) in [7, 11) is -3.57. The minimum atomic E-state index is -3.57. The van der Waals surface area contributed by atoms with E-state index in [1.54, 1.807) is 43.0 Å². The van der Waals surface area contributed by atoms with Gasteiger partial charge in [0.1, 0.15) is 10.8 Å². The second-order valence-corrected chi connectivity index (χ2v) is 20.7. The molecular formula is C47H58ClN9O6S. The zero-order chi connectivity index (χ0) is 45.3. The molecule has 64 heavy (non-hydrogen) atoms. The number of likely N-dealkylation sites (tertiary alicyclic amines) is 2. The van der Waals surface area contributed by atoms with Crippen LogP contribution in [-0.4, -0.2) is 109 Å². The fourth-order valence-electron chi connectivity index (χ4n) is 9.17. The molecule has 4 amide bonds. The quantitative estimate of drug-likeness (QED) is 0.120. The van der Waals surface area contributed by atoms with Crippen molar-refractivity contribution in [2.24, 2.45) is 5.92 Å². The molecule has 8 rings (SSSR count). The van der Waals surface area contributed by atoms with E-state index in [0.717, 1.165) is 81.9 Å². The first-order valence-electron chi connectivity index (χ1n) is 22.3. The van der Waals surface area contributed by atoms with Crippen LogP contribution in [0, 0.1) is 12.8 Å². The van der Waals surface area contributed by atoms with Crippen molar-refractivity contribution >= 4 is 73.8 Å². The molecule has 3 N–H and O–H groups in total. The summed E-state index contributed by atoms with van der Waals surface area (Å²) in [6.45, 7) is 14.9. The minimum absolute atomic E-state index is 0.0302. The first-order chi connectivity index (χ1) is 30.6. The highest BCUT2D eigenvalue weighted by atomic mass is 35.5. The second-order valence-electron chi connectivity index (χ2n) is 17.8. The van der Waals surface area contributed by atoms with E-state index >= 15 is 0 Å². The zero-order valence-electron chi connectivity index (χ0n) is 37.1. The number of nitrogens with zero attached hydrogens (tertiary/aromatic N) is 6. The fourth-order valence-corrected chi connectivity index (χ4v) is 10.5. The van der Waals surface area contributed by atoms with E-state index < -0.39 is 15.1 Å². The number of benzene rings is 3. The van der Waals surface area contributed by atoms with Crippen LogP contribution in [0.25, 0.3) is 0 Å². The van der Waals surface area contributed by atoms with Crippen molar-refractivity contribution in [2.75, 3.05) is 66.2 Å². The van der Waals surface area contributed by atoms with Gasteiger partial charge in [-0.15, -0.1) is 0 Å². The average Bonchev–Trinajstić information content (AvgIpc) is 3.25. The standard InChI is InChI=1S/C47H58ClN9O6S/c1-29(2)63-41-25-37(31(5)24-40(41)51-46-49-26-38(48)44(53-46)50-39-8-6-7-9-42(39)64(61,62)30(3)4)32-14-19-55(20-15-32)36-27-56(28-36)45(59)33-16-21-54(22-17-33)34-10-12-35(13-11-34)57-23-18-43(58)52-47(57)60/h6-13,24-26,29-30,32-33,36H,14-23,27-28H2,1-5H3,(H,52,58,60)(H2,49,50,51,53). The van der Waals surface area contributed by atoms with Gasteiger partial charge < -0.3 is 25.2 Å². The highest BCUT2D eigenvalue weighted by molar-refractivity contribution is 7.92. The molecule has 1 aromatic heterocycles. The van der Waals surface area contributed by atoms with E-state index in [1.165, 1.54) is 11.8 Å². The highest BCUT2D eigenvalue weighted by Gasteiger charge is 2.40. The summed E-state index contributed by atoms with van der Waals surface area (Å²) in [5, 5.41) is 8.47. The Morgan fingerprint density at radius 3 is 2.23 bits per heavy atom. The first-order valence-corrected chi connectivity index (χ1v) is 24.3. The molecule has 17 heteroatoms. The van der Waals surface area contributed by atoms with Crippen molar-refractivity contribution in [1.29, 1.82) is 0 Å². The Hall–Kier alpha value is -5.45. The monoisotopic (exact) mass is 911 g/mol. The van der Waals surface area contributed by atoms with Crippen LogP contribution in [0.4, 0.5) is 39.3 Å². The average molecular weight is 913 g/mol. The molecule has 5 heterocycles. The summed E-state index contributed by atoms with van der Waals surface area (Å²) < 4.78 is 32.6. The lowest BCUT2D eigenvalue weighted by Gasteiger charge is -2.49. The Bertz CT molecular complexity index is 2480. The zero-order valence-corrected chi connectivity index (χ0v) is 38.7. The summed E-state index contributed by atoms with van der Waals surface area (Å²) in [5.41, 5.74) is 5.31. The molecule has 0 aliphatic carbocycles. The highest BCUT2D eigenvalue weighted by Crippen LogP contribution is 2.40. The van der Waals surface area contributed by atoms with Gasteiger partial charge in [0.25, 0.3) is 0 Å². The third kappa shape index (κ3) is 9.78. The number of aromatic nitrogens is 2. The van der Waals surface area contributed by atoms with Gasteiger partial charge in [0.2, 0.25) is 17.8 Å². The molecule has 4 fully saturated rings. The summed E-state index contributed by atoms with van der Waals surface area (Å²) in [5.74, 6) is 1.65. The van der Waals surface area contributed by atoms with Crippen LogP contribution < -0.4 is 30.5 Å². The lowest BCUT2D eigenvalue weighted by Crippen LogP contribution is -2.63. The molecule has 340 valence electrons. The van der Waals surface area contributed by atoms with Crippen LogP contribution in [0.5, 0.6) is 5.75 Å². The Morgan fingerprint density at radius 2 is 1.56 bits per heavy atom.